The number of aliphatic hydroxyl groups excluding tert-OH is 1. The SMILES string of the molecule is Cc1ccc(CN(C)c2cc(C(O)C=Cc3ccc(C(=O)O)cc3)cc3c2C(C)(C)CCC3(C)C)cc1. The lowest BCUT2D eigenvalue weighted by Gasteiger charge is -2.44. The quantitative estimate of drug-likeness (QED) is 0.356. The zero-order chi connectivity index (χ0) is 27.0. The number of hydrogen-bond donors (Lipinski definition) is 2. The van der Waals surface area contributed by atoms with Crippen molar-refractivity contribution in [3.63, 3.8) is 0 Å². The van der Waals surface area contributed by atoms with E-state index in [1.54, 1.807) is 30.3 Å². The number of carbonyl (C=O) groups is 1. The monoisotopic (exact) mass is 497 g/mol. The Morgan fingerprint density at radius 1 is 0.973 bits per heavy atom. The van der Waals surface area contributed by atoms with Gasteiger partial charge in [0.2, 0.25) is 0 Å². The van der Waals surface area contributed by atoms with Gasteiger partial charge in [0.15, 0.2) is 0 Å². The number of anilines is 1. The maximum Gasteiger partial charge on any atom is 0.335 e. The van der Waals surface area contributed by atoms with Crippen molar-refractivity contribution in [1.29, 1.82) is 0 Å². The Hall–Kier alpha value is -3.37. The summed E-state index contributed by atoms with van der Waals surface area (Å²) in [6, 6.07) is 19.7. The van der Waals surface area contributed by atoms with Crippen LogP contribution < -0.4 is 4.90 Å². The molecule has 194 valence electrons. The number of aryl methyl sites for hydroxylation is 1. The minimum absolute atomic E-state index is 0.0103. The van der Waals surface area contributed by atoms with Gasteiger partial charge in [-0.3, -0.25) is 0 Å². The van der Waals surface area contributed by atoms with Crippen molar-refractivity contribution in [3.8, 4) is 0 Å². The summed E-state index contributed by atoms with van der Waals surface area (Å²) >= 11 is 0. The van der Waals surface area contributed by atoms with Gasteiger partial charge >= 0.3 is 5.97 Å². The zero-order valence-corrected chi connectivity index (χ0v) is 22.9. The number of aliphatic hydroxyl groups is 1. The predicted molar refractivity (Wildman–Crippen MR) is 152 cm³/mol. The molecule has 4 heteroatoms. The molecular formula is C33H39NO3. The van der Waals surface area contributed by atoms with E-state index in [0.717, 1.165) is 30.5 Å². The van der Waals surface area contributed by atoms with Crippen LogP contribution in [0.15, 0.2) is 66.7 Å². The average Bonchev–Trinajstić information content (AvgIpc) is 2.86. The predicted octanol–water partition coefficient (Wildman–Crippen LogP) is 7.43. The van der Waals surface area contributed by atoms with E-state index < -0.39 is 12.1 Å². The summed E-state index contributed by atoms with van der Waals surface area (Å²) < 4.78 is 0. The molecule has 0 fully saturated rings. The van der Waals surface area contributed by atoms with Crippen LogP contribution in [0.1, 0.15) is 90.4 Å². The summed E-state index contributed by atoms with van der Waals surface area (Å²) in [4.78, 5) is 13.5. The minimum atomic E-state index is -0.947. The molecule has 0 amide bonds. The number of benzene rings is 3. The average molecular weight is 498 g/mol. The second kappa shape index (κ2) is 10.2. The molecule has 1 unspecified atom stereocenters. The number of nitrogens with zero attached hydrogens (tertiary/aromatic N) is 1. The molecule has 0 saturated heterocycles. The van der Waals surface area contributed by atoms with Gasteiger partial charge < -0.3 is 15.1 Å². The number of carboxylic acid groups (broad SMARTS) is 1. The lowest BCUT2D eigenvalue weighted by atomic mass is 9.62. The van der Waals surface area contributed by atoms with Crippen molar-refractivity contribution in [2.75, 3.05) is 11.9 Å². The summed E-state index contributed by atoms with van der Waals surface area (Å²) in [5.41, 5.74) is 8.37. The Labute approximate surface area is 221 Å². The van der Waals surface area contributed by atoms with Crippen LogP contribution in [-0.4, -0.2) is 23.2 Å². The molecule has 3 aromatic rings. The van der Waals surface area contributed by atoms with Crippen LogP contribution in [0, 0.1) is 6.92 Å². The van der Waals surface area contributed by atoms with Gasteiger partial charge in [-0.2, -0.15) is 0 Å². The molecule has 1 aliphatic carbocycles. The van der Waals surface area contributed by atoms with E-state index in [4.69, 9.17) is 5.11 Å². The van der Waals surface area contributed by atoms with E-state index in [1.807, 2.05) is 6.08 Å². The topological polar surface area (TPSA) is 60.8 Å². The Morgan fingerprint density at radius 2 is 1.59 bits per heavy atom. The Balaban J connectivity index is 1.73. The normalized spacial score (nSPS) is 16.8. The third-order valence-corrected chi connectivity index (χ3v) is 7.84. The zero-order valence-electron chi connectivity index (χ0n) is 22.9. The first kappa shape index (κ1) is 26.7. The highest BCUT2D eigenvalue weighted by Crippen LogP contribution is 2.50. The standard InChI is InChI=1S/C33H39NO3/c1-22-7-9-24(10-8-22)21-34(6)28-20-26(19-27-30(28)33(4,5)18-17-32(27,2)3)29(35)16-13-23-11-14-25(15-12-23)31(36)37/h7-16,19-20,29,35H,17-18,21H2,1-6H3,(H,36,37). The van der Waals surface area contributed by atoms with E-state index >= 15 is 0 Å². The lowest BCUT2D eigenvalue weighted by Crippen LogP contribution is -2.36. The largest absolute Gasteiger partial charge is 0.478 e. The van der Waals surface area contributed by atoms with Gasteiger partial charge in [-0.05, 0) is 76.6 Å². The molecule has 3 aromatic carbocycles. The molecule has 0 bridgehead atoms. The molecular weight excluding hydrogens is 458 g/mol. The van der Waals surface area contributed by atoms with Gasteiger partial charge in [-0.25, -0.2) is 4.79 Å². The van der Waals surface area contributed by atoms with Crippen molar-refractivity contribution in [3.05, 3.63) is 106 Å². The van der Waals surface area contributed by atoms with E-state index in [0.29, 0.717) is 0 Å². The molecule has 0 heterocycles. The lowest BCUT2D eigenvalue weighted by molar-refractivity contribution is 0.0697. The van der Waals surface area contributed by atoms with Crippen molar-refractivity contribution in [1.82, 2.24) is 0 Å². The molecule has 2 N–H and O–H groups in total. The molecule has 0 saturated carbocycles. The fraction of sp³-hybridized carbons (Fsp3) is 0.364. The summed E-state index contributed by atoms with van der Waals surface area (Å²) in [6.07, 6.45) is 5.06. The number of carboxylic acids is 1. The first-order chi connectivity index (χ1) is 17.4. The highest BCUT2D eigenvalue weighted by molar-refractivity contribution is 5.87. The second-order valence-electron chi connectivity index (χ2n) is 11.8. The molecule has 1 atom stereocenters. The van der Waals surface area contributed by atoms with E-state index in [-0.39, 0.29) is 16.4 Å². The highest BCUT2D eigenvalue weighted by Gasteiger charge is 2.40. The van der Waals surface area contributed by atoms with Gasteiger partial charge in [-0.15, -0.1) is 0 Å². The van der Waals surface area contributed by atoms with Crippen molar-refractivity contribution in [2.45, 2.75) is 70.9 Å². The fourth-order valence-corrected chi connectivity index (χ4v) is 5.35. The molecule has 0 spiro atoms. The number of aromatic carboxylic acids is 1. The summed E-state index contributed by atoms with van der Waals surface area (Å²) in [7, 11) is 2.14. The van der Waals surface area contributed by atoms with Crippen LogP contribution >= 0.6 is 0 Å². The van der Waals surface area contributed by atoms with Crippen molar-refractivity contribution in [2.24, 2.45) is 0 Å². The summed E-state index contributed by atoms with van der Waals surface area (Å²) in [5, 5.41) is 20.4. The Bertz CT molecular complexity index is 1300. The van der Waals surface area contributed by atoms with E-state index in [2.05, 4.69) is 83.0 Å². The molecule has 1 aliphatic rings. The van der Waals surface area contributed by atoms with E-state index in [9.17, 15) is 9.90 Å². The minimum Gasteiger partial charge on any atom is -0.478 e. The van der Waals surface area contributed by atoms with Gasteiger partial charge in [-0.1, -0.05) is 87.9 Å². The van der Waals surface area contributed by atoms with Crippen LogP contribution in [0.3, 0.4) is 0 Å². The van der Waals surface area contributed by atoms with Crippen LogP contribution in [0.2, 0.25) is 0 Å². The maximum atomic E-state index is 11.3. The Kier molecular flexibility index (Phi) is 7.34. The molecule has 0 radical (unpaired) electrons. The van der Waals surface area contributed by atoms with Gasteiger partial charge in [0.1, 0.15) is 0 Å². The van der Waals surface area contributed by atoms with Crippen LogP contribution in [-0.2, 0) is 17.4 Å². The molecule has 37 heavy (non-hydrogen) atoms. The molecule has 4 nitrogen and oxygen atoms in total. The van der Waals surface area contributed by atoms with Crippen molar-refractivity contribution < 1.29 is 15.0 Å². The smallest absolute Gasteiger partial charge is 0.335 e. The second-order valence-corrected chi connectivity index (χ2v) is 11.8. The third-order valence-electron chi connectivity index (χ3n) is 7.84. The van der Waals surface area contributed by atoms with Crippen LogP contribution in [0.25, 0.3) is 6.08 Å². The molecule has 0 aliphatic heterocycles. The number of fused-ring (bicyclic) bond motifs is 1. The maximum absolute atomic E-state index is 11.3. The Morgan fingerprint density at radius 3 is 2.22 bits per heavy atom. The first-order valence-corrected chi connectivity index (χ1v) is 13.0. The molecule has 0 aromatic heterocycles. The van der Waals surface area contributed by atoms with E-state index in [1.165, 1.54) is 27.9 Å². The highest BCUT2D eigenvalue weighted by atomic mass is 16.4. The summed E-state index contributed by atoms with van der Waals surface area (Å²) in [5.74, 6) is -0.947. The fourth-order valence-electron chi connectivity index (χ4n) is 5.35. The van der Waals surface area contributed by atoms with Crippen LogP contribution in [0.4, 0.5) is 5.69 Å². The van der Waals surface area contributed by atoms with Gasteiger partial charge in [0.05, 0.1) is 11.7 Å². The summed E-state index contributed by atoms with van der Waals surface area (Å²) in [6.45, 7) is 12.2. The first-order valence-electron chi connectivity index (χ1n) is 13.0. The number of hydrogen-bond acceptors (Lipinski definition) is 3. The van der Waals surface area contributed by atoms with Gasteiger partial charge in [0.25, 0.3) is 0 Å². The molecule has 4 rings (SSSR count). The third kappa shape index (κ3) is 5.80. The van der Waals surface area contributed by atoms with Crippen LogP contribution in [0.5, 0.6) is 0 Å². The van der Waals surface area contributed by atoms with Crippen molar-refractivity contribution >= 4 is 17.7 Å². The number of rotatable bonds is 7. The van der Waals surface area contributed by atoms with Gasteiger partial charge in [0, 0.05) is 19.3 Å².